The molecule has 0 aliphatic heterocycles. The number of esters is 1. The fourth-order valence-electron chi connectivity index (χ4n) is 1.77. The summed E-state index contributed by atoms with van der Waals surface area (Å²) in [6, 6.07) is 7.68. The van der Waals surface area contributed by atoms with Crippen molar-refractivity contribution in [1.29, 1.82) is 0 Å². The monoisotopic (exact) mass is 317 g/mol. The summed E-state index contributed by atoms with van der Waals surface area (Å²) >= 11 is 0. The van der Waals surface area contributed by atoms with Crippen LogP contribution in [0.5, 0.6) is 5.75 Å². The first kappa shape index (κ1) is 19.0. The average Bonchev–Trinajstić information content (AvgIpc) is 2.50. The van der Waals surface area contributed by atoms with E-state index in [1.165, 1.54) is 6.08 Å². The fourth-order valence-corrected chi connectivity index (χ4v) is 1.77. The summed E-state index contributed by atoms with van der Waals surface area (Å²) in [5.41, 5.74) is 1.13. The van der Waals surface area contributed by atoms with Gasteiger partial charge in [-0.2, -0.15) is 0 Å². The largest absolute Gasteiger partial charge is 0.497 e. The Morgan fingerprint density at radius 1 is 1.17 bits per heavy atom. The molecule has 0 bridgehead atoms. The maximum absolute atomic E-state index is 11.5. The normalized spacial score (nSPS) is 12.0. The van der Waals surface area contributed by atoms with Crippen molar-refractivity contribution >= 4 is 12.0 Å². The van der Waals surface area contributed by atoms with Crippen molar-refractivity contribution in [3.63, 3.8) is 0 Å². The second-order valence-electron chi connectivity index (χ2n) is 6.19. The Bertz CT molecular complexity index is 525. The summed E-state index contributed by atoms with van der Waals surface area (Å²) in [5, 5.41) is 3.34. The van der Waals surface area contributed by atoms with Gasteiger partial charge in [0.1, 0.15) is 5.75 Å². The molecule has 4 heteroatoms. The maximum Gasteiger partial charge on any atom is 0.330 e. The lowest BCUT2D eigenvalue weighted by molar-refractivity contribution is -0.137. The van der Waals surface area contributed by atoms with Crippen molar-refractivity contribution in [2.45, 2.75) is 32.7 Å². The summed E-state index contributed by atoms with van der Waals surface area (Å²) in [5.74, 6) is 0.502. The molecule has 23 heavy (non-hydrogen) atoms. The predicted molar refractivity (Wildman–Crippen MR) is 94.5 cm³/mol. The molecule has 0 spiro atoms. The maximum atomic E-state index is 11.5. The predicted octanol–water partition coefficient (Wildman–Crippen LogP) is 3.59. The number of ether oxygens (including phenoxy) is 2. The van der Waals surface area contributed by atoms with Crippen molar-refractivity contribution in [2.24, 2.45) is 0 Å². The molecule has 4 nitrogen and oxygen atoms in total. The van der Waals surface area contributed by atoms with Crippen LogP contribution in [0.15, 0.2) is 42.5 Å². The summed E-state index contributed by atoms with van der Waals surface area (Å²) in [4.78, 5) is 11.5. The number of rotatable bonds is 8. The van der Waals surface area contributed by atoms with E-state index < -0.39 is 0 Å². The second kappa shape index (κ2) is 9.85. The zero-order valence-electron chi connectivity index (χ0n) is 14.5. The van der Waals surface area contributed by atoms with E-state index in [9.17, 15) is 4.79 Å². The van der Waals surface area contributed by atoms with Gasteiger partial charge >= 0.3 is 5.97 Å². The minimum atomic E-state index is -0.319. The van der Waals surface area contributed by atoms with Crippen molar-refractivity contribution in [2.75, 3.05) is 20.3 Å². The van der Waals surface area contributed by atoms with E-state index in [1.54, 1.807) is 13.2 Å². The molecular formula is C19H27NO3. The molecule has 0 radical (unpaired) electrons. The Hall–Kier alpha value is -2.07. The number of carbonyl (C=O) groups excluding carboxylic acids is 1. The second-order valence-corrected chi connectivity index (χ2v) is 6.19. The number of hydrogen-bond acceptors (Lipinski definition) is 4. The van der Waals surface area contributed by atoms with Gasteiger partial charge in [0, 0.05) is 11.6 Å². The molecule has 1 rings (SSSR count). The molecule has 0 aliphatic rings. The Morgan fingerprint density at radius 2 is 1.87 bits per heavy atom. The molecule has 0 heterocycles. The molecule has 0 atom stereocenters. The van der Waals surface area contributed by atoms with Gasteiger partial charge in [0.05, 0.1) is 13.7 Å². The lowest BCUT2D eigenvalue weighted by Crippen LogP contribution is -2.36. The van der Waals surface area contributed by atoms with Crippen LogP contribution in [0.1, 0.15) is 32.8 Å². The van der Waals surface area contributed by atoms with Gasteiger partial charge in [-0.25, -0.2) is 4.79 Å². The third-order valence-corrected chi connectivity index (χ3v) is 2.97. The molecular weight excluding hydrogens is 290 g/mol. The minimum Gasteiger partial charge on any atom is -0.497 e. The molecule has 1 aromatic rings. The van der Waals surface area contributed by atoms with Gasteiger partial charge in [0.25, 0.3) is 0 Å². The molecule has 0 saturated heterocycles. The van der Waals surface area contributed by atoms with E-state index in [2.05, 4.69) is 26.1 Å². The first-order valence-corrected chi connectivity index (χ1v) is 7.81. The van der Waals surface area contributed by atoms with Crippen LogP contribution in [0.4, 0.5) is 0 Å². The quantitative estimate of drug-likeness (QED) is 0.344. The van der Waals surface area contributed by atoms with Crippen LogP contribution in [0.3, 0.4) is 0 Å². The zero-order valence-corrected chi connectivity index (χ0v) is 14.5. The van der Waals surface area contributed by atoms with E-state index >= 15 is 0 Å². The lowest BCUT2D eigenvalue weighted by Gasteiger charge is -2.20. The van der Waals surface area contributed by atoms with Crippen LogP contribution in [0.25, 0.3) is 6.08 Å². The highest BCUT2D eigenvalue weighted by Gasteiger charge is 2.07. The number of nitrogens with one attached hydrogen (secondary N) is 1. The molecule has 1 N–H and O–H groups in total. The van der Waals surface area contributed by atoms with Crippen molar-refractivity contribution < 1.29 is 14.3 Å². The van der Waals surface area contributed by atoms with Gasteiger partial charge in [0.15, 0.2) is 0 Å². The molecule has 0 fully saturated rings. The Morgan fingerprint density at radius 3 is 2.48 bits per heavy atom. The minimum absolute atomic E-state index is 0.0934. The number of hydrogen-bond donors (Lipinski definition) is 1. The Kier molecular flexibility index (Phi) is 8.13. The average molecular weight is 317 g/mol. The van der Waals surface area contributed by atoms with Gasteiger partial charge < -0.3 is 14.8 Å². The van der Waals surface area contributed by atoms with E-state index in [0.29, 0.717) is 6.61 Å². The molecule has 0 aromatic heterocycles. The van der Waals surface area contributed by atoms with Crippen LogP contribution in [0, 0.1) is 0 Å². The first-order chi connectivity index (χ1) is 10.9. The molecule has 1 aromatic carbocycles. The smallest absolute Gasteiger partial charge is 0.330 e. The van der Waals surface area contributed by atoms with Crippen LogP contribution < -0.4 is 10.1 Å². The van der Waals surface area contributed by atoms with Crippen LogP contribution in [-0.2, 0) is 9.53 Å². The third-order valence-electron chi connectivity index (χ3n) is 2.97. The summed E-state index contributed by atoms with van der Waals surface area (Å²) in [7, 11) is 1.64. The lowest BCUT2D eigenvalue weighted by atomic mass is 10.1. The first-order valence-electron chi connectivity index (χ1n) is 7.81. The van der Waals surface area contributed by atoms with Gasteiger partial charge in [0.2, 0.25) is 0 Å². The highest BCUT2D eigenvalue weighted by atomic mass is 16.5. The molecule has 0 saturated carbocycles. The number of allylic oxidation sites excluding steroid dienone is 2. The molecule has 126 valence electrons. The van der Waals surface area contributed by atoms with Gasteiger partial charge in [-0.15, -0.1) is 0 Å². The standard InChI is InChI=1S/C19H27NO3/c1-19(2,3)20-14-7-15-23-18(21)9-6-5-8-16-10-12-17(22-4)13-11-16/h5-6,8-13,20H,7,14-15H2,1-4H3/b8-5+,9-6+. The van der Waals surface area contributed by atoms with Gasteiger partial charge in [-0.3, -0.25) is 0 Å². The van der Waals surface area contributed by atoms with Gasteiger partial charge in [-0.05, 0) is 51.4 Å². The highest BCUT2D eigenvalue weighted by Crippen LogP contribution is 2.12. The van der Waals surface area contributed by atoms with E-state index in [1.807, 2.05) is 36.4 Å². The van der Waals surface area contributed by atoms with Crippen LogP contribution in [-0.4, -0.2) is 31.8 Å². The van der Waals surface area contributed by atoms with E-state index in [0.717, 1.165) is 24.3 Å². The Balaban J connectivity index is 2.23. The number of carbonyl (C=O) groups is 1. The van der Waals surface area contributed by atoms with Crippen LogP contribution >= 0.6 is 0 Å². The third kappa shape index (κ3) is 9.53. The Labute approximate surface area is 139 Å². The topological polar surface area (TPSA) is 47.6 Å². The van der Waals surface area contributed by atoms with Crippen molar-refractivity contribution in [3.8, 4) is 5.75 Å². The summed E-state index contributed by atoms with van der Waals surface area (Å²) < 4.78 is 10.2. The summed E-state index contributed by atoms with van der Waals surface area (Å²) in [6.45, 7) is 7.58. The van der Waals surface area contributed by atoms with E-state index in [4.69, 9.17) is 9.47 Å². The summed E-state index contributed by atoms with van der Waals surface area (Å²) in [6.07, 6.45) is 7.64. The number of benzene rings is 1. The molecule has 0 unspecified atom stereocenters. The molecule has 0 aliphatic carbocycles. The SMILES string of the molecule is COc1ccc(/C=C/C=C/C(=O)OCCCNC(C)(C)C)cc1. The van der Waals surface area contributed by atoms with E-state index in [-0.39, 0.29) is 11.5 Å². The fraction of sp³-hybridized carbons (Fsp3) is 0.421. The van der Waals surface area contributed by atoms with Crippen molar-refractivity contribution in [1.82, 2.24) is 5.32 Å². The molecule has 0 amide bonds. The zero-order chi connectivity index (χ0) is 17.1. The number of methoxy groups -OCH3 is 1. The highest BCUT2D eigenvalue weighted by molar-refractivity contribution is 5.82. The van der Waals surface area contributed by atoms with Crippen molar-refractivity contribution in [3.05, 3.63) is 48.1 Å². The van der Waals surface area contributed by atoms with Gasteiger partial charge in [-0.1, -0.05) is 30.4 Å². The van der Waals surface area contributed by atoms with Crippen LogP contribution in [0.2, 0.25) is 0 Å².